The van der Waals surface area contributed by atoms with E-state index >= 15 is 0 Å². The molecule has 8 nitrogen and oxygen atoms in total. The molecule has 1 aromatic carbocycles. The van der Waals surface area contributed by atoms with E-state index in [4.69, 9.17) is 16.7 Å². The summed E-state index contributed by atoms with van der Waals surface area (Å²) in [5.74, 6) is -0.604. The standard InChI is InChI=1S/C27H24ClF3N6O2/c1-14-8-22-20(13-35(14)25(38)17-4-6-21(28)19(9-17)10-32)24-26(39)36(12-15(2)37(24)34-22)16(3)18-5-7-23(33-11-18)27(29,30)31/h4-7,9,11,14-16H,8,12-13H2,1-3H3/t14-,15-,16-/m1/s1. The fraction of sp³-hybridized carbons (Fsp3) is 0.370. The molecule has 0 aliphatic carbocycles. The molecule has 2 amide bonds. The zero-order valence-electron chi connectivity index (χ0n) is 21.3. The number of pyridine rings is 1. The lowest BCUT2D eigenvalue weighted by Gasteiger charge is -2.37. The molecule has 0 saturated heterocycles. The number of fused-ring (bicyclic) bond motifs is 3. The number of aromatic nitrogens is 3. The van der Waals surface area contributed by atoms with Gasteiger partial charge in [0, 0.05) is 36.3 Å². The van der Waals surface area contributed by atoms with Crippen LogP contribution in [0.25, 0.3) is 0 Å². The average molecular weight is 557 g/mol. The van der Waals surface area contributed by atoms with E-state index in [0.717, 1.165) is 18.0 Å². The summed E-state index contributed by atoms with van der Waals surface area (Å²) < 4.78 is 40.6. The summed E-state index contributed by atoms with van der Waals surface area (Å²) >= 11 is 6.03. The van der Waals surface area contributed by atoms with Gasteiger partial charge in [-0.1, -0.05) is 17.7 Å². The third kappa shape index (κ3) is 4.63. The van der Waals surface area contributed by atoms with Crippen molar-refractivity contribution >= 4 is 23.4 Å². The van der Waals surface area contributed by atoms with Crippen LogP contribution in [0, 0.1) is 11.3 Å². The minimum Gasteiger partial charge on any atom is -0.331 e. The molecule has 0 spiro atoms. The Kier molecular flexibility index (Phi) is 6.63. The summed E-state index contributed by atoms with van der Waals surface area (Å²) in [5, 5.41) is 14.3. The lowest BCUT2D eigenvalue weighted by atomic mass is 9.96. The number of nitriles is 1. The Labute approximate surface area is 227 Å². The Morgan fingerprint density at radius 1 is 1.21 bits per heavy atom. The summed E-state index contributed by atoms with van der Waals surface area (Å²) in [7, 11) is 0. The molecular weight excluding hydrogens is 533 g/mol. The second-order valence-corrected chi connectivity index (χ2v) is 10.4. The lowest BCUT2D eigenvalue weighted by Crippen LogP contribution is -2.45. The fourth-order valence-electron chi connectivity index (χ4n) is 5.20. The predicted octanol–water partition coefficient (Wildman–Crippen LogP) is 5.19. The molecule has 2 aromatic heterocycles. The molecule has 0 fully saturated rings. The maximum atomic E-state index is 13.8. The Hall–Kier alpha value is -3.91. The van der Waals surface area contributed by atoms with Crippen LogP contribution in [0.15, 0.2) is 36.5 Å². The molecule has 5 rings (SSSR count). The Bertz CT molecular complexity index is 1510. The topological polar surface area (TPSA) is 95.1 Å². The van der Waals surface area contributed by atoms with Crippen molar-refractivity contribution < 1.29 is 22.8 Å². The van der Waals surface area contributed by atoms with Gasteiger partial charge in [0.05, 0.1) is 34.9 Å². The second-order valence-electron chi connectivity index (χ2n) is 9.97. The molecule has 0 N–H and O–H groups in total. The first kappa shape index (κ1) is 26.7. The summed E-state index contributed by atoms with van der Waals surface area (Å²) in [6.45, 7) is 6.03. The molecule has 2 aliphatic heterocycles. The minimum atomic E-state index is -4.55. The fourth-order valence-corrected chi connectivity index (χ4v) is 5.36. The Morgan fingerprint density at radius 3 is 2.59 bits per heavy atom. The highest BCUT2D eigenvalue weighted by Gasteiger charge is 2.41. The number of rotatable bonds is 3. The number of hydrogen-bond acceptors (Lipinski definition) is 5. The highest BCUT2D eigenvalue weighted by atomic mass is 35.5. The van der Waals surface area contributed by atoms with Crippen LogP contribution < -0.4 is 0 Å². The van der Waals surface area contributed by atoms with E-state index in [2.05, 4.69) is 4.98 Å². The van der Waals surface area contributed by atoms with Crippen molar-refractivity contribution in [2.45, 2.75) is 58.0 Å². The van der Waals surface area contributed by atoms with Crippen molar-refractivity contribution in [3.8, 4) is 6.07 Å². The van der Waals surface area contributed by atoms with Gasteiger partial charge in [-0.3, -0.25) is 19.3 Å². The maximum absolute atomic E-state index is 13.8. The van der Waals surface area contributed by atoms with Gasteiger partial charge >= 0.3 is 6.18 Å². The van der Waals surface area contributed by atoms with Gasteiger partial charge < -0.3 is 9.80 Å². The highest BCUT2D eigenvalue weighted by Crippen LogP contribution is 2.36. The van der Waals surface area contributed by atoms with Gasteiger partial charge in [0.25, 0.3) is 11.8 Å². The third-order valence-electron chi connectivity index (χ3n) is 7.40. The predicted molar refractivity (Wildman–Crippen MR) is 135 cm³/mol. The molecule has 12 heteroatoms. The van der Waals surface area contributed by atoms with Crippen LogP contribution in [0.5, 0.6) is 0 Å². The SMILES string of the molecule is C[C@@H]1Cc2nn3c(c2CN1C(=O)c1ccc(Cl)c(C#N)c1)C(=O)N([C@H](C)c1ccc(C(F)(F)F)nc1)C[C@H]3C. The van der Waals surface area contributed by atoms with Crippen LogP contribution in [0.1, 0.15) is 81.8 Å². The van der Waals surface area contributed by atoms with Crippen molar-refractivity contribution in [3.63, 3.8) is 0 Å². The first-order valence-electron chi connectivity index (χ1n) is 12.4. The van der Waals surface area contributed by atoms with E-state index < -0.39 is 17.9 Å². The summed E-state index contributed by atoms with van der Waals surface area (Å²) in [5.41, 5.74) is 1.75. The number of benzene rings is 1. The van der Waals surface area contributed by atoms with E-state index in [1.165, 1.54) is 18.2 Å². The van der Waals surface area contributed by atoms with Crippen molar-refractivity contribution in [1.82, 2.24) is 24.6 Å². The number of carbonyl (C=O) groups excluding carboxylic acids is 2. The van der Waals surface area contributed by atoms with Crippen LogP contribution in [0.3, 0.4) is 0 Å². The molecule has 202 valence electrons. The number of carbonyl (C=O) groups is 2. The second kappa shape index (κ2) is 9.68. The molecule has 4 heterocycles. The van der Waals surface area contributed by atoms with Gasteiger partial charge in [-0.2, -0.15) is 23.5 Å². The smallest absolute Gasteiger partial charge is 0.331 e. The number of alkyl halides is 3. The average Bonchev–Trinajstić information content (AvgIpc) is 3.28. The monoisotopic (exact) mass is 556 g/mol. The zero-order chi connectivity index (χ0) is 28.2. The van der Waals surface area contributed by atoms with Crippen LogP contribution in [0.2, 0.25) is 5.02 Å². The van der Waals surface area contributed by atoms with Crippen LogP contribution >= 0.6 is 11.6 Å². The normalized spacial score (nSPS) is 19.8. The van der Waals surface area contributed by atoms with Gasteiger partial charge in [0.15, 0.2) is 0 Å². The quantitative estimate of drug-likeness (QED) is 0.443. The van der Waals surface area contributed by atoms with Gasteiger partial charge in [-0.15, -0.1) is 0 Å². The molecule has 3 atom stereocenters. The van der Waals surface area contributed by atoms with E-state index in [9.17, 15) is 28.0 Å². The number of amides is 2. The molecule has 2 aliphatic rings. The minimum absolute atomic E-state index is 0.150. The van der Waals surface area contributed by atoms with Gasteiger partial charge in [0.1, 0.15) is 17.5 Å². The molecule has 0 saturated carbocycles. The summed E-state index contributed by atoms with van der Waals surface area (Å²) in [4.78, 5) is 34.1. The van der Waals surface area contributed by atoms with Gasteiger partial charge in [0.2, 0.25) is 0 Å². The molecule has 39 heavy (non-hydrogen) atoms. The van der Waals surface area contributed by atoms with Crippen molar-refractivity contribution in [3.05, 3.63) is 80.9 Å². The van der Waals surface area contributed by atoms with Gasteiger partial charge in [-0.25, -0.2) is 0 Å². The Morgan fingerprint density at radius 2 is 1.95 bits per heavy atom. The number of nitrogens with zero attached hydrogens (tertiary/aromatic N) is 6. The van der Waals surface area contributed by atoms with Gasteiger partial charge in [-0.05, 0) is 50.6 Å². The first-order valence-corrected chi connectivity index (χ1v) is 12.7. The highest BCUT2D eigenvalue weighted by molar-refractivity contribution is 6.31. The van der Waals surface area contributed by atoms with Crippen molar-refractivity contribution in [1.29, 1.82) is 5.26 Å². The van der Waals surface area contributed by atoms with Crippen LogP contribution in [-0.2, 0) is 19.1 Å². The zero-order valence-corrected chi connectivity index (χ0v) is 22.1. The van der Waals surface area contributed by atoms with E-state index in [0.29, 0.717) is 35.3 Å². The van der Waals surface area contributed by atoms with E-state index in [1.54, 1.807) is 27.5 Å². The number of hydrogen-bond donors (Lipinski definition) is 0. The van der Waals surface area contributed by atoms with Crippen molar-refractivity contribution in [2.75, 3.05) is 6.54 Å². The largest absolute Gasteiger partial charge is 0.433 e. The van der Waals surface area contributed by atoms with Crippen LogP contribution in [-0.4, -0.2) is 49.0 Å². The molecule has 0 radical (unpaired) electrons. The molecule has 3 aromatic rings. The Balaban J connectivity index is 1.45. The molecule has 0 unspecified atom stereocenters. The summed E-state index contributed by atoms with van der Waals surface area (Å²) in [6.07, 6.45) is -2.96. The summed E-state index contributed by atoms with van der Waals surface area (Å²) in [6, 6.07) is 7.82. The lowest BCUT2D eigenvalue weighted by molar-refractivity contribution is -0.141. The van der Waals surface area contributed by atoms with Crippen LogP contribution in [0.4, 0.5) is 13.2 Å². The molecule has 0 bridgehead atoms. The number of halogens is 4. The van der Waals surface area contributed by atoms with Crippen molar-refractivity contribution in [2.24, 2.45) is 0 Å². The maximum Gasteiger partial charge on any atom is 0.433 e. The van der Waals surface area contributed by atoms with E-state index in [-0.39, 0.29) is 41.0 Å². The van der Waals surface area contributed by atoms with E-state index in [1.807, 2.05) is 19.9 Å². The third-order valence-corrected chi connectivity index (χ3v) is 7.73. The molecular formula is C27H24ClF3N6O2. The first-order chi connectivity index (χ1) is 18.4.